The molecule has 1 aromatic carbocycles. The highest BCUT2D eigenvalue weighted by molar-refractivity contribution is 5.36. The SMILES string of the molecule is Cc1ccc2c(c1)CN(C)C2C. The van der Waals surface area contributed by atoms with Crippen molar-refractivity contribution in [3.63, 3.8) is 0 Å². The summed E-state index contributed by atoms with van der Waals surface area (Å²) in [6.07, 6.45) is 0. The van der Waals surface area contributed by atoms with Gasteiger partial charge in [-0.15, -0.1) is 0 Å². The molecule has 0 amide bonds. The fourth-order valence-corrected chi connectivity index (χ4v) is 1.92. The minimum absolute atomic E-state index is 0.598. The fourth-order valence-electron chi connectivity index (χ4n) is 1.92. The molecule has 12 heavy (non-hydrogen) atoms. The smallest absolute Gasteiger partial charge is 0.0323 e. The van der Waals surface area contributed by atoms with Crippen molar-refractivity contribution >= 4 is 0 Å². The van der Waals surface area contributed by atoms with Crippen LogP contribution < -0.4 is 0 Å². The Morgan fingerprint density at radius 2 is 2.17 bits per heavy atom. The Morgan fingerprint density at radius 1 is 1.42 bits per heavy atom. The molecular weight excluding hydrogens is 146 g/mol. The summed E-state index contributed by atoms with van der Waals surface area (Å²) in [5.41, 5.74) is 4.38. The zero-order chi connectivity index (χ0) is 8.72. The first-order valence-electron chi connectivity index (χ1n) is 4.48. The van der Waals surface area contributed by atoms with Crippen LogP contribution in [0.5, 0.6) is 0 Å². The average molecular weight is 161 g/mol. The van der Waals surface area contributed by atoms with Crippen molar-refractivity contribution in [2.75, 3.05) is 7.05 Å². The lowest BCUT2D eigenvalue weighted by Gasteiger charge is -2.13. The molecule has 0 saturated carbocycles. The average Bonchev–Trinajstić information content (AvgIpc) is 2.28. The minimum Gasteiger partial charge on any atom is -0.295 e. The molecule has 1 atom stereocenters. The molecule has 64 valence electrons. The number of fused-ring (bicyclic) bond motifs is 1. The van der Waals surface area contributed by atoms with Gasteiger partial charge in [0.15, 0.2) is 0 Å². The first-order valence-corrected chi connectivity index (χ1v) is 4.48. The Bertz CT molecular complexity index is 304. The van der Waals surface area contributed by atoms with Gasteiger partial charge in [0.25, 0.3) is 0 Å². The topological polar surface area (TPSA) is 3.24 Å². The minimum atomic E-state index is 0.598. The second kappa shape index (κ2) is 2.60. The summed E-state index contributed by atoms with van der Waals surface area (Å²) in [5, 5.41) is 0. The third-order valence-corrected chi connectivity index (χ3v) is 2.83. The lowest BCUT2D eigenvalue weighted by atomic mass is 10.0. The predicted molar refractivity (Wildman–Crippen MR) is 51.1 cm³/mol. The highest BCUT2D eigenvalue weighted by Gasteiger charge is 2.22. The zero-order valence-electron chi connectivity index (χ0n) is 7.96. The Labute approximate surface area is 74.0 Å². The van der Waals surface area contributed by atoms with Crippen molar-refractivity contribution < 1.29 is 0 Å². The van der Waals surface area contributed by atoms with Gasteiger partial charge in [-0.2, -0.15) is 0 Å². The van der Waals surface area contributed by atoms with Crippen molar-refractivity contribution in [2.45, 2.75) is 26.4 Å². The number of nitrogens with zero attached hydrogens (tertiary/aromatic N) is 1. The molecule has 1 aliphatic heterocycles. The summed E-state index contributed by atoms with van der Waals surface area (Å²) in [5.74, 6) is 0. The van der Waals surface area contributed by atoms with Crippen LogP contribution in [0.3, 0.4) is 0 Å². The van der Waals surface area contributed by atoms with Crippen LogP contribution in [-0.4, -0.2) is 11.9 Å². The molecule has 0 bridgehead atoms. The third-order valence-electron chi connectivity index (χ3n) is 2.83. The van der Waals surface area contributed by atoms with Gasteiger partial charge >= 0.3 is 0 Å². The van der Waals surface area contributed by atoms with Gasteiger partial charge in [-0.1, -0.05) is 23.8 Å². The van der Waals surface area contributed by atoms with E-state index in [0.717, 1.165) is 6.54 Å². The molecule has 2 rings (SSSR count). The van der Waals surface area contributed by atoms with Crippen LogP contribution in [0.1, 0.15) is 29.7 Å². The van der Waals surface area contributed by atoms with Crippen molar-refractivity contribution in [2.24, 2.45) is 0 Å². The molecule has 1 unspecified atom stereocenters. The van der Waals surface area contributed by atoms with Crippen LogP contribution in [0.4, 0.5) is 0 Å². The van der Waals surface area contributed by atoms with E-state index in [4.69, 9.17) is 0 Å². The molecule has 0 aliphatic carbocycles. The van der Waals surface area contributed by atoms with Gasteiger partial charge in [0, 0.05) is 12.6 Å². The van der Waals surface area contributed by atoms with Crippen LogP contribution >= 0.6 is 0 Å². The van der Waals surface area contributed by atoms with Crippen molar-refractivity contribution in [3.8, 4) is 0 Å². The van der Waals surface area contributed by atoms with E-state index in [1.807, 2.05) is 0 Å². The quantitative estimate of drug-likeness (QED) is 0.565. The van der Waals surface area contributed by atoms with Crippen LogP contribution in [0, 0.1) is 6.92 Å². The summed E-state index contributed by atoms with van der Waals surface area (Å²) in [4.78, 5) is 2.38. The predicted octanol–water partition coefficient (Wildman–Crippen LogP) is 2.50. The molecule has 0 radical (unpaired) electrons. The van der Waals surface area contributed by atoms with Crippen molar-refractivity contribution in [1.82, 2.24) is 4.90 Å². The second-order valence-corrected chi connectivity index (χ2v) is 3.79. The van der Waals surface area contributed by atoms with Gasteiger partial charge in [0.1, 0.15) is 0 Å². The monoisotopic (exact) mass is 161 g/mol. The largest absolute Gasteiger partial charge is 0.295 e. The first kappa shape index (κ1) is 7.81. The van der Waals surface area contributed by atoms with Crippen LogP contribution in [0.2, 0.25) is 0 Å². The van der Waals surface area contributed by atoms with E-state index in [2.05, 4.69) is 44.0 Å². The number of aryl methyl sites for hydroxylation is 1. The Hall–Kier alpha value is -0.820. The first-order chi connectivity index (χ1) is 5.68. The molecule has 1 heterocycles. The van der Waals surface area contributed by atoms with Gasteiger partial charge in [0.2, 0.25) is 0 Å². The molecule has 0 N–H and O–H groups in total. The van der Waals surface area contributed by atoms with Crippen LogP contribution in [0.15, 0.2) is 18.2 Å². The van der Waals surface area contributed by atoms with E-state index in [1.54, 1.807) is 0 Å². The number of benzene rings is 1. The van der Waals surface area contributed by atoms with Crippen LogP contribution in [0.25, 0.3) is 0 Å². The van der Waals surface area contributed by atoms with Gasteiger partial charge < -0.3 is 0 Å². The fraction of sp³-hybridized carbons (Fsp3) is 0.455. The van der Waals surface area contributed by atoms with Gasteiger partial charge in [0.05, 0.1) is 0 Å². The molecule has 0 aromatic heterocycles. The molecule has 0 saturated heterocycles. The van der Waals surface area contributed by atoms with E-state index >= 15 is 0 Å². The lowest BCUT2D eigenvalue weighted by Crippen LogP contribution is -2.12. The van der Waals surface area contributed by atoms with E-state index < -0.39 is 0 Å². The summed E-state index contributed by atoms with van der Waals surface area (Å²) >= 11 is 0. The van der Waals surface area contributed by atoms with Crippen molar-refractivity contribution in [3.05, 3.63) is 34.9 Å². The Kier molecular flexibility index (Phi) is 1.69. The Morgan fingerprint density at radius 3 is 2.92 bits per heavy atom. The van der Waals surface area contributed by atoms with Gasteiger partial charge in [-0.3, -0.25) is 4.90 Å². The van der Waals surface area contributed by atoms with Gasteiger partial charge in [-0.05, 0) is 32.0 Å². The molecule has 1 heteroatoms. The van der Waals surface area contributed by atoms with E-state index in [9.17, 15) is 0 Å². The Balaban J connectivity index is 2.47. The van der Waals surface area contributed by atoms with E-state index in [-0.39, 0.29) is 0 Å². The molecule has 1 aliphatic rings. The summed E-state index contributed by atoms with van der Waals surface area (Å²) < 4.78 is 0. The van der Waals surface area contributed by atoms with Gasteiger partial charge in [-0.25, -0.2) is 0 Å². The maximum absolute atomic E-state index is 2.38. The highest BCUT2D eigenvalue weighted by Crippen LogP contribution is 2.31. The molecular formula is C11H15N. The standard InChI is InChI=1S/C11H15N/c1-8-4-5-11-9(2)12(3)7-10(11)6-8/h4-6,9H,7H2,1-3H3. The zero-order valence-corrected chi connectivity index (χ0v) is 7.96. The maximum Gasteiger partial charge on any atom is 0.0323 e. The third kappa shape index (κ3) is 1.05. The van der Waals surface area contributed by atoms with E-state index in [1.165, 1.54) is 16.7 Å². The second-order valence-electron chi connectivity index (χ2n) is 3.79. The van der Waals surface area contributed by atoms with E-state index in [0.29, 0.717) is 6.04 Å². The normalized spacial score (nSPS) is 22.8. The van der Waals surface area contributed by atoms with Crippen molar-refractivity contribution in [1.29, 1.82) is 0 Å². The number of rotatable bonds is 0. The van der Waals surface area contributed by atoms with Crippen LogP contribution in [-0.2, 0) is 6.54 Å². The summed E-state index contributed by atoms with van der Waals surface area (Å²) in [6.45, 7) is 5.53. The molecule has 1 nitrogen and oxygen atoms in total. The summed E-state index contributed by atoms with van der Waals surface area (Å²) in [6, 6.07) is 7.36. The lowest BCUT2D eigenvalue weighted by molar-refractivity contribution is 0.286. The highest BCUT2D eigenvalue weighted by atomic mass is 15.1. The number of hydrogen-bond donors (Lipinski definition) is 0. The molecule has 0 fully saturated rings. The number of hydrogen-bond acceptors (Lipinski definition) is 1. The molecule has 1 aromatic rings. The summed E-state index contributed by atoms with van der Waals surface area (Å²) in [7, 11) is 2.18. The molecule has 0 spiro atoms. The maximum atomic E-state index is 2.38.